The summed E-state index contributed by atoms with van der Waals surface area (Å²) in [6.07, 6.45) is 5.29. The van der Waals surface area contributed by atoms with Crippen molar-refractivity contribution in [3.05, 3.63) is 0 Å². The first-order valence-electron chi connectivity index (χ1n) is 3.05. The smallest absolute Gasteiger partial charge is 0.0930 e. The molecule has 1 saturated carbocycles. The second kappa shape index (κ2) is 3.87. The van der Waals surface area contributed by atoms with Crippen molar-refractivity contribution in [2.45, 2.75) is 38.2 Å². The minimum atomic E-state index is -0.214. The summed E-state index contributed by atoms with van der Waals surface area (Å²) in [5, 5.41) is 10.5. The molecule has 1 aliphatic carbocycles. The van der Waals surface area contributed by atoms with Gasteiger partial charge in [-0.2, -0.15) is 0 Å². The zero-order valence-electron chi connectivity index (χ0n) is 4.93. The van der Waals surface area contributed by atoms with Gasteiger partial charge in [-0.05, 0) is 12.8 Å². The molecule has 0 N–H and O–H groups in total. The highest BCUT2D eigenvalue weighted by Crippen LogP contribution is 2.16. The third-order valence-corrected chi connectivity index (χ3v) is 1.55. The van der Waals surface area contributed by atoms with Crippen LogP contribution < -0.4 is 0 Å². The molecule has 0 aromatic rings. The first-order chi connectivity index (χ1) is 3.39. The molecule has 2 heteroatoms. The predicted molar refractivity (Wildman–Crippen MR) is 28.2 cm³/mol. The van der Waals surface area contributed by atoms with Crippen LogP contribution in [0.15, 0.2) is 0 Å². The van der Waals surface area contributed by atoms with Crippen LogP contribution in [-0.4, -0.2) is 6.10 Å². The van der Waals surface area contributed by atoms with Gasteiger partial charge in [-0.1, -0.05) is 19.3 Å². The zero-order valence-corrected chi connectivity index (χ0v) is 4.93. The van der Waals surface area contributed by atoms with Crippen molar-refractivity contribution in [1.29, 1.82) is 0 Å². The number of rotatable bonds is 0. The fraction of sp³-hybridized carbons (Fsp3) is 1.00. The van der Waals surface area contributed by atoms with Gasteiger partial charge in [-0.15, -0.1) is 0 Å². The average molecular weight is 115 g/mol. The van der Waals surface area contributed by atoms with E-state index in [0.29, 0.717) is 0 Å². The second-order valence-corrected chi connectivity index (χ2v) is 2.26. The van der Waals surface area contributed by atoms with Crippen LogP contribution in [0.5, 0.6) is 0 Å². The summed E-state index contributed by atoms with van der Waals surface area (Å²) in [4.78, 5) is 0. The quantitative estimate of drug-likeness (QED) is 0.460. The molecule has 0 heterocycles. The van der Waals surface area contributed by atoms with Crippen LogP contribution in [0, 0.1) is 0 Å². The third-order valence-electron chi connectivity index (χ3n) is 1.55. The molecule has 0 aromatic carbocycles. The summed E-state index contributed by atoms with van der Waals surface area (Å²) >= 11 is 0. The summed E-state index contributed by atoms with van der Waals surface area (Å²) in [5.41, 5.74) is 0. The lowest BCUT2D eigenvalue weighted by molar-refractivity contribution is 0.0564. The molecule has 0 atom stereocenters. The summed E-state index contributed by atoms with van der Waals surface area (Å²) in [5.74, 6) is 0. The Morgan fingerprint density at radius 1 is 1.00 bits per heavy atom. The van der Waals surface area contributed by atoms with E-state index in [2.05, 4.69) is 0 Å². The minimum Gasteiger partial charge on any atom is -0.233 e. The lowest BCUT2D eigenvalue weighted by Gasteiger charge is -2.12. The van der Waals surface area contributed by atoms with Crippen molar-refractivity contribution in [1.82, 2.24) is 0 Å². The Kier molecular flexibility index (Phi) is 3.83. The van der Waals surface area contributed by atoms with Crippen molar-refractivity contribution < 1.29 is 10.6 Å². The molecule has 1 rings (SSSR count). The van der Waals surface area contributed by atoms with E-state index < -0.39 is 0 Å². The van der Waals surface area contributed by atoms with Gasteiger partial charge in [0.05, 0.1) is 6.10 Å². The van der Waals surface area contributed by atoms with Gasteiger partial charge in [0.2, 0.25) is 0 Å². The normalized spacial score (nSPS) is 22.1. The van der Waals surface area contributed by atoms with Crippen LogP contribution in [0.1, 0.15) is 32.1 Å². The Hall–Kier alpha value is -0.0800. The molecule has 0 bridgehead atoms. The monoisotopic (exact) mass is 115 g/mol. The fourth-order valence-electron chi connectivity index (χ4n) is 1.07. The molecule has 0 saturated heterocycles. The Balaban J connectivity index is 0.000000490. The minimum absolute atomic E-state index is 0. The molecule has 3 radical (unpaired) electrons. The zero-order chi connectivity index (χ0) is 5.11. The van der Waals surface area contributed by atoms with E-state index >= 15 is 0 Å². The van der Waals surface area contributed by atoms with Gasteiger partial charge in [-0.25, -0.2) is 5.11 Å². The van der Waals surface area contributed by atoms with Crippen LogP contribution >= 0.6 is 0 Å². The summed E-state index contributed by atoms with van der Waals surface area (Å²) in [7, 11) is 0. The number of hydrogen-bond donors (Lipinski definition) is 0. The van der Waals surface area contributed by atoms with Crippen LogP contribution in [-0.2, 0) is 10.6 Å². The molecule has 0 spiro atoms. The molecular weight excluding hydrogens is 104 g/mol. The van der Waals surface area contributed by atoms with E-state index in [1.54, 1.807) is 0 Å². The summed E-state index contributed by atoms with van der Waals surface area (Å²) in [6, 6.07) is 0. The molecule has 8 heavy (non-hydrogen) atoms. The highest BCUT2D eigenvalue weighted by atomic mass is 16.3. The maximum atomic E-state index is 10.5. The average Bonchev–Trinajstić information content (AvgIpc) is 1.69. The molecule has 0 unspecified atom stereocenters. The van der Waals surface area contributed by atoms with Crippen LogP contribution in [0.25, 0.3) is 0 Å². The van der Waals surface area contributed by atoms with Crippen molar-refractivity contribution in [2.24, 2.45) is 0 Å². The Morgan fingerprint density at radius 3 is 1.75 bits per heavy atom. The van der Waals surface area contributed by atoms with Gasteiger partial charge in [0.15, 0.2) is 0 Å². The lowest BCUT2D eigenvalue weighted by atomic mass is 9.98. The predicted octanol–water partition coefficient (Wildman–Crippen LogP) is 1.63. The molecule has 47 valence electrons. The fourth-order valence-corrected chi connectivity index (χ4v) is 1.07. The lowest BCUT2D eigenvalue weighted by Crippen LogP contribution is -2.08. The molecular formula is C6H11O2. The molecule has 0 aliphatic heterocycles. The van der Waals surface area contributed by atoms with Crippen molar-refractivity contribution in [2.75, 3.05) is 0 Å². The first kappa shape index (κ1) is 7.92. The van der Waals surface area contributed by atoms with E-state index in [9.17, 15) is 5.11 Å². The van der Waals surface area contributed by atoms with E-state index in [-0.39, 0.29) is 11.6 Å². The van der Waals surface area contributed by atoms with Gasteiger partial charge in [-0.3, -0.25) is 0 Å². The van der Waals surface area contributed by atoms with Crippen LogP contribution in [0.4, 0.5) is 0 Å². The maximum absolute atomic E-state index is 10.5. The SMILES string of the molecule is [O].[O]C1CCCCC1. The second-order valence-electron chi connectivity index (χ2n) is 2.26. The topological polar surface area (TPSA) is 48.4 Å². The van der Waals surface area contributed by atoms with Gasteiger partial charge < -0.3 is 0 Å². The summed E-state index contributed by atoms with van der Waals surface area (Å²) < 4.78 is 0. The molecule has 2 nitrogen and oxygen atoms in total. The van der Waals surface area contributed by atoms with Crippen LogP contribution in [0.3, 0.4) is 0 Å². The van der Waals surface area contributed by atoms with Crippen molar-refractivity contribution in [3.63, 3.8) is 0 Å². The molecule has 0 aromatic heterocycles. The van der Waals surface area contributed by atoms with E-state index in [4.69, 9.17) is 0 Å². The highest BCUT2D eigenvalue weighted by molar-refractivity contribution is 4.61. The first-order valence-corrected chi connectivity index (χ1v) is 3.05. The summed E-state index contributed by atoms with van der Waals surface area (Å²) in [6.45, 7) is 0. The maximum Gasteiger partial charge on any atom is 0.0930 e. The van der Waals surface area contributed by atoms with E-state index in [1.807, 2.05) is 0 Å². The van der Waals surface area contributed by atoms with Gasteiger partial charge in [0.25, 0.3) is 0 Å². The Bertz CT molecular complexity index is 48.5. The van der Waals surface area contributed by atoms with Gasteiger partial charge in [0.1, 0.15) is 0 Å². The van der Waals surface area contributed by atoms with Gasteiger partial charge in [0, 0.05) is 5.48 Å². The highest BCUT2D eigenvalue weighted by Gasteiger charge is 2.09. The number of hydrogen-bond acceptors (Lipinski definition) is 0. The molecule has 0 amide bonds. The van der Waals surface area contributed by atoms with E-state index in [0.717, 1.165) is 12.8 Å². The molecule has 1 fully saturated rings. The largest absolute Gasteiger partial charge is 0.233 e. The third kappa shape index (κ3) is 2.28. The molecule has 1 aliphatic rings. The Morgan fingerprint density at radius 2 is 1.50 bits per heavy atom. The standard InChI is InChI=1S/C6H11O.O/c7-6-4-2-1-3-5-6;/h6H,1-5H2;. The Labute approximate surface area is 49.8 Å². The van der Waals surface area contributed by atoms with Crippen molar-refractivity contribution >= 4 is 0 Å². The van der Waals surface area contributed by atoms with Crippen molar-refractivity contribution in [3.8, 4) is 0 Å². The van der Waals surface area contributed by atoms with Gasteiger partial charge >= 0.3 is 0 Å². The van der Waals surface area contributed by atoms with Crippen LogP contribution in [0.2, 0.25) is 0 Å². The van der Waals surface area contributed by atoms with E-state index in [1.165, 1.54) is 19.3 Å².